The average Bonchev–Trinajstić information content (AvgIpc) is 2.49. The van der Waals surface area contributed by atoms with Crippen molar-refractivity contribution in [3.63, 3.8) is 0 Å². The number of aryl methyl sites for hydroxylation is 1. The minimum Gasteiger partial charge on any atom is -0.508 e. The van der Waals surface area contributed by atoms with E-state index in [0.717, 1.165) is 24.8 Å². The molecule has 1 aromatic carbocycles. The second kappa shape index (κ2) is 6.94. The van der Waals surface area contributed by atoms with E-state index < -0.39 is 0 Å². The van der Waals surface area contributed by atoms with E-state index in [1.807, 2.05) is 0 Å². The summed E-state index contributed by atoms with van der Waals surface area (Å²) in [5, 5.41) is 22.0. The Morgan fingerprint density at radius 1 is 1.29 bits per heavy atom. The highest BCUT2D eigenvalue weighted by Crippen LogP contribution is 2.38. The van der Waals surface area contributed by atoms with Crippen LogP contribution in [0.4, 0.5) is 0 Å². The minimum atomic E-state index is -0.159. The van der Waals surface area contributed by atoms with Crippen LogP contribution < -0.4 is 5.32 Å². The van der Waals surface area contributed by atoms with Crippen LogP contribution in [-0.2, 0) is 0 Å². The molecule has 21 heavy (non-hydrogen) atoms. The number of aromatic hydroxyl groups is 1. The summed E-state index contributed by atoms with van der Waals surface area (Å²) >= 11 is 0. The fourth-order valence-corrected chi connectivity index (χ4v) is 3.17. The molecule has 3 N–H and O–H groups in total. The Labute approximate surface area is 126 Å². The van der Waals surface area contributed by atoms with Crippen molar-refractivity contribution < 1.29 is 15.0 Å². The third-order valence-corrected chi connectivity index (χ3v) is 4.65. The van der Waals surface area contributed by atoms with Gasteiger partial charge in [-0.2, -0.15) is 0 Å². The molecule has 1 amide bonds. The SMILES string of the molecule is Cc1ccc(C(=O)NCC2(CCO)CCCCC2)cc1O. The zero-order chi connectivity index (χ0) is 15.3. The largest absolute Gasteiger partial charge is 0.508 e. The number of rotatable bonds is 5. The first-order chi connectivity index (χ1) is 10.1. The second-order valence-electron chi connectivity index (χ2n) is 6.22. The van der Waals surface area contributed by atoms with Gasteiger partial charge in [0.1, 0.15) is 5.75 Å². The number of phenolic OH excluding ortho intramolecular Hbond substituents is 1. The van der Waals surface area contributed by atoms with Gasteiger partial charge >= 0.3 is 0 Å². The van der Waals surface area contributed by atoms with Crippen molar-refractivity contribution in [3.05, 3.63) is 29.3 Å². The molecule has 4 nitrogen and oxygen atoms in total. The lowest BCUT2D eigenvalue weighted by atomic mass is 9.72. The number of amides is 1. The van der Waals surface area contributed by atoms with Crippen molar-refractivity contribution in [1.82, 2.24) is 5.32 Å². The number of carbonyl (C=O) groups excluding carboxylic acids is 1. The summed E-state index contributed by atoms with van der Waals surface area (Å²) in [5.74, 6) is -0.0152. The van der Waals surface area contributed by atoms with Crippen LogP contribution in [0.3, 0.4) is 0 Å². The van der Waals surface area contributed by atoms with Gasteiger partial charge < -0.3 is 15.5 Å². The Morgan fingerprint density at radius 3 is 2.62 bits per heavy atom. The number of nitrogens with one attached hydrogen (secondary N) is 1. The van der Waals surface area contributed by atoms with Gasteiger partial charge in [0.15, 0.2) is 0 Å². The van der Waals surface area contributed by atoms with E-state index >= 15 is 0 Å². The topological polar surface area (TPSA) is 69.6 Å². The Morgan fingerprint density at radius 2 is 2.00 bits per heavy atom. The van der Waals surface area contributed by atoms with Crippen molar-refractivity contribution in [3.8, 4) is 5.75 Å². The zero-order valence-electron chi connectivity index (χ0n) is 12.7. The predicted molar refractivity (Wildman–Crippen MR) is 82.4 cm³/mol. The number of phenols is 1. The number of carbonyl (C=O) groups is 1. The molecule has 0 spiro atoms. The van der Waals surface area contributed by atoms with E-state index in [2.05, 4.69) is 5.32 Å². The van der Waals surface area contributed by atoms with E-state index in [1.54, 1.807) is 19.1 Å². The Hall–Kier alpha value is -1.55. The molecule has 1 aliphatic carbocycles. The number of hydrogen-bond donors (Lipinski definition) is 3. The lowest BCUT2D eigenvalue weighted by Crippen LogP contribution is -2.39. The molecule has 0 atom stereocenters. The van der Waals surface area contributed by atoms with Gasteiger partial charge in [0.05, 0.1) is 0 Å². The first kappa shape index (κ1) is 15.8. The third kappa shape index (κ3) is 3.97. The van der Waals surface area contributed by atoms with Crippen LogP contribution in [0.15, 0.2) is 18.2 Å². The van der Waals surface area contributed by atoms with E-state index in [-0.39, 0.29) is 23.7 Å². The van der Waals surface area contributed by atoms with Gasteiger partial charge in [0, 0.05) is 18.7 Å². The van der Waals surface area contributed by atoms with Crippen LogP contribution in [0.25, 0.3) is 0 Å². The standard InChI is InChI=1S/C17H25NO3/c1-13-5-6-14(11-15(13)20)16(21)18-12-17(9-10-19)7-3-2-4-8-17/h5-6,11,19-20H,2-4,7-10,12H2,1H3,(H,18,21). The number of benzene rings is 1. The van der Waals surface area contributed by atoms with Crippen LogP contribution >= 0.6 is 0 Å². The lowest BCUT2D eigenvalue weighted by molar-refractivity contribution is 0.0868. The molecule has 0 bridgehead atoms. The molecule has 116 valence electrons. The number of hydrogen-bond acceptors (Lipinski definition) is 3. The molecular formula is C17H25NO3. The summed E-state index contributed by atoms with van der Waals surface area (Å²) in [6.07, 6.45) is 6.45. The first-order valence-electron chi connectivity index (χ1n) is 7.75. The van der Waals surface area contributed by atoms with Crippen LogP contribution in [0.2, 0.25) is 0 Å². The van der Waals surface area contributed by atoms with E-state index in [9.17, 15) is 15.0 Å². The van der Waals surface area contributed by atoms with Gasteiger partial charge in [-0.05, 0) is 49.3 Å². The fourth-order valence-electron chi connectivity index (χ4n) is 3.17. The van der Waals surface area contributed by atoms with Crippen molar-refractivity contribution in [2.24, 2.45) is 5.41 Å². The summed E-state index contributed by atoms with van der Waals surface area (Å²) < 4.78 is 0. The van der Waals surface area contributed by atoms with Crippen LogP contribution in [-0.4, -0.2) is 29.3 Å². The summed E-state index contributed by atoms with van der Waals surface area (Å²) in [6.45, 7) is 2.57. The van der Waals surface area contributed by atoms with Crippen molar-refractivity contribution in [2.75, 3.05) is 13.2 Å². The van der Waals surface area contributed by atoms with E-state index in [0.29, 0.717) is 12.1 Å². The van der Waals surface area contributed by atoms with Gasteiger partial charge in [-0.1, -0.05) is 25.3 Å². The van der Waals surface area contributed by atoms with Crippen molar-refractivity contribution >= 4 is 5.91 Å². The van der Waals surface area contributed by atoms with Gasteiger partial charge in [-0.25, -0.2) is 0 Å². The number of aliphatic hydroxyl groups excluding tert-OH is 1. The van der Waals surface area contributed by atoms with Crippen LogP contribution in [0.5, 0.6) is 5.75 Å². The molecule has 1 aromatic rings. The molecule has 1 fully saturated rings. The van der Waals surface area contributed by atoms with E-state index in [1.165, 1.54) is 25.3 Å². The normalized spacial score (nSPS) is 17.4. The average molecular weight is 291 g/mol. The maximum absolute atomic E-state index is 12.2. The van der Waals surface area contributed by atoms with Gasteiger partial charge in [0.2, 0.25) is 0 Å². The molecule has 4 heteroatoms. The molecule has 0 heterocycles. The first-order valence-corrected chi connectivity index (χ1v) is 7.75. The third-order valence-electron chi connectivity index (χ3n) is 4.65. The molecule has 0 aliphatic heterocycles. The summed E-state index contributed by atoms with van der Waals surface area (Å²) in [7, 11) is 0. The van der Waals surface area contributed by atoms with Gasteiger partial charge in [0.25, 0.3) is 5.91 Å². The molecule has 1 saturated carbocycles. The van der Waals surface area contributed by atoms with Gasteiger partial charge in [-0.15, -0.1) is 0 Å². The van der Waals surface area contributed by atoms with Gasteiger partial charge in [-0.3, -0.25) is 4.79 Å². The zero-order valence-corrected chi connectivity index (χ0v) is 12.7. The highest BCUT2D eigenvalue weighted by molar-refractivity contribution is 5.94. The summed E-state index contributed by atoms with van der Waals surface area (Å²) in [6, 6.07) is 4.97. The summed E-state index contributed by atoms with van der Waals surface area (Å²) in [5.41, 5.74) is 1.28. The quantitative estimate of drug-likeness (QED) is 0.781. The fraction of sp³-hybridized carbons (Fsp3) is 0.588. The summed E-state index contributed by atoms with van der Waals surface area (Å²) in [4.78, 5) is 12.2. The smallest absolute Gasteiger partial charge is 0.251 e. The second-order valence-corrected chi connectivity index (χ2v) is 6.22. The monoisotopic (exact) mass is 291 g/mol. The maximum atomic E-state index is 12.2. The molecule has 2 rings (SSSR count). The molecule has 0 radical (unpaired) electrons. The predicted octanol–water partition coefficient (Wildman–Crippen LogP) is 2.76. The highest BCUT2D eigenvalue weighted by atomic mass is 16.3. The molecule has 0 saturated heterocycles. The molecule has 0 aromatic heterocycles. The number of aliphatic hydroxyl groups is 1. The van der Waals surface area contributed by atoms with Crippen LogP contribution in [0, 0.1) is 12.3 Å². The Balaban J connectivity index is 1.99. The Bertz CT molecular complexity index is 487. The lowest BCUT2D eigenvalue weighted by Gasteiger charge is -2.37. The molecule has 1 aliphatic rings. The maximum Gasteiger partial charge on any atom is 0.251 e. The Kier molecular flexibility index (Phi) is 5.23. The van der Waals surface area contributed by atoms with Crippen molar-refractivity contribution in [1.29, 1.82) is 0 Å². The van der Waals surface area contributed by atoms with Crippen molar-refractivity contribution in [2.45, 2.75) is 45.4 Å². The molecule has 0 unspecified atom stereocenters. The highest BCUT2D eigenvalue weighted by Gasteiger charge is 2.31. The van der Waals surface area contributed by atoms with Crippen LogP contribution in [0.1, 0.15) is 54.4 Å². The molecular weight excluding hydrogens is 266 g/mol. The van der Waals surface area contributed by atoms with E-state index in [4.69, 9.17) is 0 Å². The minimum absolute atomic E-state index is 0.0371.